The third-order valence-electron chi connectivity index (χ3n) is 2.92. The number of nitrogens with two attached hydrogens (primary N) is 1. The minimum atomic E-state index is -3.87. The SMILES string of the molecule is CN(Cc1cc(Br)cs1)S(=O)(=O)c1ccc(CN)cc1F. The van der Waals surface area contributed by atoms with Crippen LogP contribution in [0.1, 0.15) is 10.4 Å². The number of rotatable bonds is 5. The van der Waals surface area contributed by atoms with E-state index in [1.807, 2.05) is 11.4 Å². The molecule has 4 nitrogen and oxygen atoms in total. The molecule has 0 fully saturated rings. The average Bonchev–Trinajstić information content (AvgIpc) is 2.83. The largest absolute Gasteiger partial charge is 0.326 e. The van der Waals surface area contributed by atoms with E-state index in [-0.39, 0.29) is 18.0 Å². The van der Waals surface area contributed by atoms with Crippen LogP contribution in [0.15, 0.2) is 39.0 Å². The van der Waals surface area contributed by atoms with Crippen molar-refractivity contribution in [2.75, 3.05) is 7.05 Å². The van der Waals surface area contributed by atoms with Gasteiger partial charge < -0.3 is 5.73 Å². The zero-order valence-electron chi connectivity index (χ0n) is 11.2. The Morgan fingerprint density at radius 1 is 1.38 bits per heavy atom. The topological polar surface area (TPSA) is 63.4 Å². The van der Waals surface area contributed by atoms with Gasteiger partial charge in [0.1, 0.15) is 10.7 Å². The van der Waals surface area contributed by atoms with Gasteiger partial charge in [0.05, 0.1) is 0 Å². The van der Waals surface area contributed by atoms with Crippen LogP contribution in [-0.4, -0.2) is 19.8 Å². The van der Waals surface area contributed by atoms with Crippen molar-refractivity contribution in [1.29, 1.82) is 0 Å². The number of hydrogen-bond acceptors (Lipinski definition) is 4. The molecule has 0 radical (unpaired) electrons. The number of thiophene rings is 1. The molecule has 114 valence electrons. The van der Waals surface area contributed by atoms with E-state index in [0.717, 1.165) is 19.7 Å². The second kappa shape index (κ2) is 6.53. The number of nitrogens with zero attached hydrogens (tertiary/aromatic N) is 1. The van der Waals surface area contributed by atoms with Crippen LogP contribution in [-0.2, 0) is 23.1 Å². The maximum absolute atomic E-state index is 14.0. The molecule has 2 aromatic rings. The van der Waals surface area contributed by atoms with Crippen molar-refractivity contribution in [3.8, 4) is 0 Å². The molecule has 0 saturated heterocycles. The van der Waals surface area contributed by atoms with Gasteiger partial charge in [0.15, 0.2) is 0 Å². The third kappa shape index (κ3) is 3.70. The van der Waals surface area contributed by atoms with Crippen molar-refractivity contribution in [2.24, 2.45) is 5.73 Å². The van der Waals surface area contributed by atoms with Gasteiger partial charge in [-0.1, -0.05) is 6.07 Å². The first-order valence-corrected chi connectivity index (χ1v) is 9.13. The number of benzene rings is 1. The first kappa shape index (κ1) is 16.6. The Morgan fingerprint density at radius 3 is 2.62 bits per heavy atom. The summed E-state index contributed by atoms with van der Waals surface area (Å²) in [6.45, 7) is 0.354. The van der Waals surface area contributed by atoms with Gasteiger partial charge in [-0.05, 0) is 39.7 Å². The molecule has 0 saturated carbocycles. The van der Waals surface area contributed by atoms with Crippen LogP contribution < -0.4 is 5.73 Å². The lowest BCUT2D eigenvalue weighted by Gasteiger charge is -2.17. The van der Waals surface area contributed by atoms with E-state index in [2.05, 4.69) is 15.9 Å². The predicted molar refractivity (Wildman–Crippen MR) is 85.0 cm³/mol. The van der Waals surface area contributed by atoms with Crippen molar-refractivity contribution in [3.63, 3.8) is 0 Å². The summed E-state index contributed by atoms with van der Waals surface area (Å²) in [6, 6.07) is 5.77. The van der Waals surface area contributed by atoms with E-state index in [4.69, 9.17) is 5.73 Å². The highest BCUT2D eigenvalue weighted by Crippen LogP contribution is 2.25. The standard InChI is InChI=1S/C13H14BrFN2O2S2/c1-17(7-11-5-10(14)8-20-11)21(18,19)13-3-2-9(6-16)4-12(13)15/h2-5,8H,6-7,16H2,1H3. The summed E-state index contributed by atoms with van der Waals surface area (Å²) in [5.41, 5.74) is 5.96. The Morgan fingerprint density at radius 2 is 2.10 bits per heavy atom. The summed E-state index contributed by atoms with van der Waals surface area (Å²) in [7, 11) is -2.44. The molecule has 0 unspecified atom stereocenters. The number of halogens is 2. The van der Waals surface area contributed by atoms with Gasteiger partial charge in [0.2, 0.25) is 10.0 Å². The highest BCUT2D eigenvalue weighted by Gasteiger charge is 2.25. The maximum Gasteiger partial charge on any atom is 0.246 e. The molecule has 8 heteroatoms. The van der Waals surface area contributed by atoms with Crippen molar-refractivity contribution >= 4 is 37.3 Å². The summed E-state index contributed by atoms with van der Waals surface area (Å²) >= 11 is 4.75. The lowest BCUT2D eigenvalue weighted by molar-refractivity contribution is 0.462. The van der Waals surface area contributed by atoms with Crippen LogP contribution in [0.2, 0.25) is 0 Å². The summed E-state index contributed by atoms with van der Waals surface area (Å²) in [5, 5.41) is 1.87. The van der Waals surface area contributed by atoms with Gasteiger partial charge in [-0.15, -0.1) is 11.3 Å². The molecule has 0 spiro atoms. The molecule has 0 amide bonds. The van der Waals surface area contributed by atoms with Crippen molar-refractivity contribution < 1.29 is 12.8 Å². The van der Waals surface area contributed by atoms with Crippen LogP contribution in [0.4, 0.5) is 4.39 Å². The van der Waals surface area contributed by atoms with Crippen LogP contribution in [0, 0.1) is 5.82 Å². The maximum atomic E-state index is 14.0. The van der Waals surface area contributed by atoms with Crippen molar-refractivity contribution in [1.82, 2.24) is 4.31 Å². The first-order chi connectivity index (χ1) is 9.84. The van der Waals surface area contributed by atoms with E-state index < -0.39 is 15.8 Å². The summed E-state index contributed by atoms with van der Waals surface area (Å²) in [4.78, 5) is 0.532. The zero-order chi connectivity index (χ0) is 15.6. The molecule has 1 aromatic heterocycles. The summed E-state index contributed by atoms with van der Waals surface area (Å²) in [5.74, 6) is -0.780. The fourth-order valence-electron chi connectivity index (χ4n) is 1.79. The zero-order valence-corrected chi connectivity index (χ0v) is 14.4. The molecular weight excluding hydrogens is 379 g/mol. The Bertz CT molecular complexity index is 746. The Hall–Kier alpha value is -0.800. The monoisotopic (exact) mass is 392 g/mol. The lowest BCUT2D eigenvalue weighted by Crippen LogP contribution is -2.27. The van der Waals surface area contributed by atoms with Gasteiger partial charge in [0, 0.05) is 34.9 Å². The van der Waals surface area contributed by atoms with Crippen LogP contribution in [0.3, 0.4) is 0 Å². The van der Waals surface area contributed by atoms with E-state index in [9.17, 15) is 12.8 Å². The fourth-order valence-corrected chi connectivity index (χ4v) is 4.56. The molecule has 21 heavy (non-hydrogen) atoms. The summed E-state index contributed by atoms with van der Waals surface area (Å²) < 4.78 is 40.8. The van der Waals surface area contributed by atoms with E-state index in [1.54, 1.807) is 0 Å². The van der Waals surface area contributed by atoms with E-state index >= 15 is 0 Å². The van der Waals surface area contributed by atoms with Gasteiger partial charge >= 0.3 is 0 Å². The predicted octanol–water partition coefficient (Wildman–Crippen LogP) is 2.93. The fraction of sp³-hybridized carbons (Fsp3) is 0.231. The van der Waals surface area contributed by atoms with Gasteiger partial charge in [-0.3, -0.25) is 0 Å². The molecule has 0 bridgehead atoms. The molecule has 2 rings (SSSR count). The molecule has 2 N–H and O–H groups in total. The molecule has 0 aliphatic heterocycles. The van der Waals surface area contributed by atoms with Gasteiger partial charge in [-0.2, -0.15) is 4.31 Å². The lowest BCUT2D eigenvalue weighted by atomic mass is 10.2. The Balaban J connectivity index is 2.28. The molecule has 0 aliphatic rings. The molecule has 1 heterocycles. The van der Waals surface area contributed by atoms with Gasteiger partial charge in [0.25, 0.3) is 0 Å². The van der Waals surface area contributed by atoms with Crippen LogP contribution in [0.5, 0.6) is 0 Å². The summed E-state index contributed by atoms with van der Waals surface area (Å²) in [6.07, 6.45) is 0. The first-order valence-electron chi connectivity index (χ1n) is 6.02. The number of sulfonamides is 1. The minimum absolute atomic E-state index is 0.163. The van der Waals surface area contributed by atoms with E-state index in [1.165, 1.54) is 30.5 Å². The van der Waals surface area contributed by atoms with E-state index in [0.29, 0.717) is 5.56 Å². The molecular formula is C13H14BrFN2O2S2. The highest BCUT2D eigenvalue weighted by atomic mass is 79.9. The number of hydrogen-bond donors (Lipinski definition) is 1. The quantitative estimate of drug-likeness (QED) is 0.850. The second-order valence-corrected chi connectivity index (χ2v) is 8.39. The molecule has 0 aliphatic carbocycles. The second-order valence-electron chi connectivity index (χ2n) is 4.46. The third-order valence-corrected chi connectivity index (χ3v) is 6.44. The van der Waals surface area contributed by atoms with Crippen LogP contribution >= 0.6 is 27.3 Å². The Labute approximate surface area is 135 Å². The van der Waals surface area contributed by atoms with Gasteiger partial charge in [-0.25, -0.2) is 12.8 Å². The van der Waals surface area contributed by atoms with Crippen LogP contribution in [0.25, 0.3) is 0 Å². The van der Waals surface area contributed by atoms with Crippen molar-refractivity contribution in [2.45, 2.75) is 18.0 Å². The average molecular weight is 393 g/mol. The molecule has 1 aromatic carbocycles. The normalized spacial score (nSPS) is 12.0. The van der Waals surface area contributed by atoms with Crippen molar-refractivity contribution in [3.05, 3.63) is 50.4 Å². The Kier molecular flexibility index (Phi) is 5.15. The molecule has 0 atom stereocenters. The smallest absolute Gasteiger partial charge is 0.246 e. The minimum Gasteiger partial charge on any atom is -0.326 e. The highest BCUT2D eigenvalue weighted by molar-refractivity contribution is 9.10.